The van der Waals surface area contributed by atoms with Gasteiger partial charge in [0.05, 0.1) is 4.90 Å². The van der Waals surface area contributed by atoms with Crippen molar-refractivity contribution in [3.8, 4) is 17.2 Å². The molecule has 12 heteroatoms. The lowest BCUT2D eigenvalue weighted by molar-refractivity contribution is 0.470. The Bertz CT molecular complexity index is 1610. The van der Waals surface area contributed by atoms with E-state index < -0.39 is 31.5 Å². The number of anilines is 1. The van der Waals surface area contributed by atoms with Crippen molar-refractivity contribution >= 4 is 36.8 Å². The highest BCUT2D eigenvalue weighted by Crippen LogP contribution is 2.29. The summed E-state index contributed by atoms with van der Waals surface area (Å²) in [5, 5.41) is 18.8. The van der Waals surface area contributed by atoms with Gasteiger partial charge < -0.3 is 18.8 Å². The van der Waals surface area contributed by atoms with Crippen LogP contribution in [0.5, 0.6) is 17.2 Å². The number of para-hydroxylation sites is 1. The summed E-state index contributed by atoms with van der Waals surface area (Å²) < 4.78 is 62.6. The number of hydrogen-bond acceptors (Lipinski definition) is 9. The van der Waals surface area contributed by atoms with Gasteiger partial charge in [0.25, 0.3) is 10.0 Å². The van der Waals surface area contributed by atoms with Crippen LogP contribution in [0.15, 0.2) is 91.8 Å². The van der Waals surface area contributed by atoms with Gasteiger partial charge in [0, 0.05) is 5.39 Å². The van der Waals surface area contributed by atoms with Crippen LogP contribution in [0.2, 0.25) is 0 Å². The number of rotatable bonds is 6. The Kier molecular flexibility index (Phi) is 5.47. The maximum atomic E-state index is 12.5. The zero-order chi connectivity index (χ0) is 23.8. The van der Waals surface area contributed by atoms with Crippen LogP contribution in [0.4, 0.5) is 5.69 Å². The van der Waals surface area contributed by atoms with Gasteiger partial charge in [0.15, 0.2) is 11.3 Å². The van der Waals surface area contributed by atoms with Gasteiger partial charge >= 0.3 is 15.7 Å². The molecule has 0 aliphatic heterocycles. The highest BCUT2D eigenvalue weighted by Gasteiger charge is 2.21. The van der Waals surface area contributed by atoms with Crippen molar-refractivity contribution in [1.29, 1.82) is 0 Å². The average Bonchev–Trinajstić information content (AvgIpc) is 2.75. The van der Waals surface area contributed by atoms with Crippen LogP contribution >= 0.6 is 0 Å². The van der Waals surface area contributed by atoms with Crippen molar-refractivity contribution in [2.45, 2.75) is 9.79 Å². The Balaban J connectivity index is 1.70. The zero-order valence-corrected chi connectivity index (χ0v) is 18.1. The van der Waals surface area contributed by atoms with Crippen LogP contribution in [0.25, 0.3) is 11.0 Å². The molecule has 0 spiro atoms. The molecule has 0 unspecified atom stereocenters. The number of benzene rings is 3. The van der Waals surface area contributed by atoms with Gasteiger partial charge in [-0.15, -0.1) is 0 Å². The summed E-state index contributed by atoms with van der Waals surface area (Å²) in [6.07, 6.45) is 0. The Morgan fingerprint density at radius 2 is 1.36 bits per heavy atom. The van der Waals surface area contributed by atoms with Gasteiger partial charge in [0.2, 0.25) is 0 Å². The van der Waals surface area contributed by atoms with E-state index in [1.54, 1.807) is 0 Å². The second-order valence-corrected chi connectivity index (χ2v) is 9.98. The summed E-state index contributed by atoms with van der Waals surface area (Å²) >= 11 is 0. The molecule has 0 aliphatic rings. The molecule has 0 atom stereocenters. The Morgan fingerprint density at radius 1 is 0.788 bits per heavy atom. The summed E-state index contributed by atoms with van der Waals surface area (Å²) in [6.45, 7) is 0. The average molecular weight is 489 g/mol. The topological polar surface area (TPSA) is 160 Å². The molecule has 10 nitrogen and oxygen atoms in total. The van der Waals surface area contributed by atoms with Gasteiger partial charge in [-0.05, 0) is 60.7 Å². The molecule has 0 aliphatic carbocycles. The molecule has 0 bridgehead atoms. The highest BCUT2D eigenvalue weighted by molar-refractivity contribution is 7.92. The zero-order valence-electron chi connectivity index (χ0n) is 16.5. The van der Waals surface area contributed by atoms with Crippen molar-refractivity contribution in [2.75, 3.05) is 4.72 Å². The van der Waals surface area contributed by atoms with E-state index in [9.17, 15) is 31.8 Å². The first kappa shape index (κ1) is 22.2. The monoisotopic (exact) mass is 489 g/mol. The number of fused-ring (bicyclic) bond motifs is 1. The van der Waals surface area contributed by atoms with Gasteiger partial charge in [-0.3, -0.25) is 4.72 Å². The highest BCUT2D eigenvalue weighted by atomic mass is 32.2. The molecule has 33 heavy (non-hydrogen) atoms. The van der Waals surface area contributed by atoms with Crippen LogP contribution in [0.3, 0.4) is 0 Å². The quantitative estimate of drug-likeness (QED) is 0.273. The fourth-order valence-electron chi connectivity index (χ4n) is 2.86. The molecule has 1 aromatic heterocycles. The van der Waals surface area contributed by atoms with Crippen molar-refractivity contribution in [2.24, 2.45) is 0 Å². The smallest absolute Gasteiger partial charge is 0.360 e. The molecule has 1 heterocycles. The van der Waals surface area contributed by atoms with Crippen LogP contribution in [-0.2, 0) is 20.1 Å². The number of hydrogen-bond donors (Lipinski definition) is 3. The molecule has 0 saturated carbocycles. The molecular weight excluding hydrogens is 474 g/mol. The Hall–Kier alpha value is -4.03. The van der Waals surface area contributed by atoms with E-state index >= 15 is 0 Å². The molecular formula is C21H15NO9S2. The maximum absolute atomic E-state index is 12.5. The third kappa shape index (κ3) is 4.61. The molecule has 0 fully saturated rings. The van der Waals surface area contributed by atoms with Crippen molar-refractivity contribution < 1.29 is 35.6 Å². The van der Waals surface area contributed by atoms with Crippen molar-refractivity contribution in [3.63, 3.8) is 0 Å². The lowest BCUT2D eigenvalue weighted by Crippen LogP contribution is -2.18. The van der Waals surface area contributed by atoms with E-state index in [0.717, 1.165) is 24.3 Å². The predicted octanol–water partition coefficient (Wildman–Crippen LogP) is 2.77. The van der Waals surface area contributed by atoms with Crippen molar-refractivity contribution in [3.05, 3.63) is 83.2 Å². The van der Waals surface area contributed by atoms with E-state index in [0.29, 0.717) is 0 Å². The SMILES string of the molecule is O=c1oc2c(OS(=O)(=O)c3ccc(O)cc3)cccc2cc1NS(=O)(=O)c1ccc(O)cc1. The number of aromatic hydroxyl groups is 2. The minimum Gasteiger partial charge on any atom is -0.508 e. The molecule has 170 valence electrons. The maximum Gasteiger partial charge on any atom is 0.360 e. The minimum absolute atomic E-state index is 0.131. The molecule has 3 aromatic carbocycles. The number of phenols is 2. The lowest BCUT2D eigenvalue weighted by Gasteiger charge is -2.10. The van der Waals surface area contributed by atoms with E-state index in [1.165, 1.54) is 48.5 Å². The van der Waals surface area contributed by atoms with Crippen LogP contribution in [0.1, 0.15) is 0 Å². The van der Waals surface area contributed by atoms with Gasteiger partial charge in [-0.2, -0.15) is 8.42 Å². The lowest BCUT2D eigenvalue weighted by atomic mass is 10.2. The van der Waals surface area contributed by atoms with Crippen LogP contribution in [-0.4, -0.2) is 27.0 Å². The fraction of sp³-hybridized carbons (Fsp3) is 0. The molecule has 3 N–H and O–H groups in total. The standard InChI is InChI=1S/C21H15NO9S2/c23-14-4-8-16(9-5-14)32(26,27)22-18-12-13-2-1-3-19(20(13)30-21(18)25)31-33(28,29)17-10-6-15(24)7-11-17/h1-12,22-24H. The van der Waals surface area contributed by atoms with Crippen LogP contribution < -0.4 is 14.5 Å². The van der Waals surface area contributed by atoms with E-state index in [-0.39, 0.29) is 38.0 Å². The van der Waals surface area contributed by atoms with Crippen LogP contribution in [0, 0.1) is 0 Å². The van der Waals surface area contributed by atoms with Gasteiger partial charge in [-0.1, -0.05) is 12.1 Å². The first-order valence-electron chi connectivity index (χ1n) is 9.17. The summed E-state index contributed by atoms with van der Waals surface area (Å²) in [5.74, 6) is -0.549. The molecule has 0 radical (unpaired) electrons. The molecule has 0 saturated heterocycles. The minimum atomic E-state index is -4.32. The van der Waals surface area contributed by atoms with E-state index in [1.807, 2.05) is 0 Å². The third-order valence-corrected chi connectivity index (χ3v) is 7.07. The molecule has 0 amide bonds. The summed E-state index contributed by atoms with van der Waals surface area (Å²) in [5.41, 5.74) is -1.70. The number of phenolic OH excluding ortho intramolecular Hbond substituents is 2. The Labute approximate surface area is 187 Å². The summed E-state index contributed by atoms with van der Waals surface area (Å²) in [6, 6.07) is 14.6. The number of sulfonamides is 1. The second kappa shape index (κ2) is 8.15. The molecule has 4 rings (SSSR count). The van der Waals surface area contributed by atoms with Crippen molar-refractivity contribution in [1.82, 2.24) is 0 Å². The first-order valence-corrected chi connectivity index (χ1v) is 12.1. The predicted molar refractivity (Wildman–Crippen MR) is 117 cm³/mol. The normalized spacial score (nSPS) is 11.9. The second-order valence-electron chi connectivity index (χ2n) is 6.75. The first-order chi connectivity index (χ1) is 15.5. The summed E-state index contributed by atoms with van der Waals surface area (Å²) in [4.78, 5) is 12.0. The Morgan fingerprint density at radius 3 is 1.97 bits per heavy atom. The number of nitrogens with one attached hydrogen (secondary N) is 1. The summed E-state index contributed by atoms with van der Waals surface area (Å²) in [7, 11) is -8.49. The van der Waals surface area contributed by atoms with Gasteiger partial charge in [-0.25, -0.2) is 13.2 Å². The largest absolute Gasteiger partial charge is 0.508 e. The molecule has 4 aromatic rings. The van der Waals surface area contributed by atoms with Gasteiger partial charge in [0.1, 0.15) is 22.1 Å². The van der Waals surface area contributed by atoms with E-state index in [2.05, 4.69) is 4.72 Å². The van der Waals surface area contributed by atoms with E-state index in [4.69, 9.17) is 8.60 Å². The fourth-order valence-corrected chi connectivity index (χ4v) is 4.84. The third-order valence-electron chi connectivity index (χ3n) is 4.44.